The Balaban J connectivity index is 1.48. The Bertz CT molecular complexity index is 961. The van der Waals surface area contributed by atoms with Crippen LogP contribution in [0, 0.1) is 0 Å². The number of anilines is 2. The number of unbranched alkanes of at least 4 members (excludes halogenated alkanes) is 1. The van der Waals surface area contributed by atoms with Gasteiger partial charge < -0.3 is 26.4 Å². The van der Waals surface area contributed by atoms with Crippen molar-refractivity contribution in [2.45, 2.75) is 37.6 Å². The van der Waals surface area contributed by atoms with E-state index in [-0.39, 0.29) is 17.4 Å². The van der Waals surface area contributed by atoms with E-state index in [1.807, 2.05) is 12.1 Å². The molecule has 0 aromatic heterocycles. The summed E-state index contributed by atoms with van der Waals surface area (Å²) in [5.41, 5.74) is 8.64. The van der Waals surface area contributed by atoms with Crippen LogP contribution in [0.3, 0.4) is 0 Å². The number of nitrogens with two attached hydrogens (primary N) is 1. The topological polar surface area (TPSA) is 105 Å². The van der Waals surface area contributed by atoms with Crippen LogP contribution >= 0.6 is 0 Å². The lowest BCUT2D eigenvalue weighted by atomic mass is 9.80. The molecule has 1 spiro atoms. The van der Waals surface area contributed by atoms with Gasteiger partial charge in [0.2, 0.25) is 11.8 Å². The summed E-state index contributed by atoms with van der Waals surface area (Å²) >= 11 is 0. The van der Waals surface area contributed by atoms with Gasteiger partial charge in [-0.1, -0.05) is 31.5 Å². The van der Waals surface area contributed by atoms with Crippen LogP contribution in [0.4, 0.5) is 11.4 Å². The standard InChI is InChI=1S/C23H28N4O3/c1-2-3-10-30-20-11-15(21(24)28)8-9-18(20)27-22(29)19-12-23(14-26-19)13-25-17-7-5-4-6-16(17)23/h4-9,11,19,25-26H,2-3,10,12-14H2,1H3,(H2,24,28)(H,27,29). The molecule has 2 atom stereocenters. The number of carbonyl (C=O) groups excluding carboxylic acids is 2. The summed E-state index contributed by atoms with van der Waals surface area (Å²) in [6.07, 6.45) is 2.59. The van der Waals surface area contributed by atoms with Gasteiger partial charge in [-0.25, -0.2) is 0 Å². The summed E-state index contributed by atoms with van der Waals surface area (Å²) in [6.45, 7) is 4.15. The first-order chi connectivity index (χ1) is 14.5. The number of para-hydroxylation sites is 1. The number of amides is 2. The molecule has 1 fully saturated rings. The van der Waals surface area contributed by atoms with Crippen molar-refractivity contribution in [1.82, 2.24) is 5.32 Å². The van der Waals surface area contributed by atoms with Gasteiger partial charge in [0.05, 0.1) is 18.3 Å². The van der Waals surface area contributed by atoms with Gasteiger partial charge in [0.25, 0.3) is 0 Å². The number of carbonyl (C=O) groups is 2. The monoisotopic (exact) mass is 408 g/mol. The summed E-state index contributed by atoms with van der Waals surface area (Å²) in [6, 6.07) is 12.8. The largest absolute Gasteiger partial charge is 0.491 e. The van der Waals surface area contributed by atoms with Crippen LogP contribution in [0.1, 0.15) is 42.1 Å². The van der Waals surface area contributed by atoms with E-state index in [2.05, 4.69) is 35.0 Å². The maximum atomic E-state index is 13.0. The van der Waals surface area contributed by atoms with Crippen LogP contribution < -0.4 is 26.4 Å². The number of nitrogens with one attached hydrogen (secondary N) is 3. The highest BCUT2D eigenvalue weighted by molar-refractivity contribution is 5.98. The predicted molar refractivity (Wildman–Crippen MR) is 117 cm³/mol. The minimum atomic E-state index is -0.528. The van der Waals surface area contributed by atoms with Crippen molar-refractivity contribution in [3.05, 3.63) is 53.6 Å². The third-order valence-corrected chi connectivity index (χ3v) is 5.99. The van der Waals surface area contributed by atoms with Gasteiger partial charge in [-0.05, 0) is 42.7 Å². The third kappa shape index (κ3) is 3.85. The van der Waals surface area contributed by atoms with Gasteiger partial charge in [0.1, 0.15) is 5.75 Å². The number of rotatable bonds is 7. The molecule has 2 amide bonds. The van der Waals surface area contributed by atoms with Gasteiger partial charge in [0.15, 0.2) is 0 Å². The zero-order chi connectivity index (χ0) is 21.1. The van der Waals surface area contributed by atoms with E-state index in [4.69, 9.17) is 10.5 Å². The van der Waals surface area contributed by atoms with Crippen LogP contribution in [0.2, 0.25) is 0 Å². The zero-order valence-corrected chi connectivity index (χ0v) is 17.2. The Morgan fingerprint density at radius 3 is 2.87 bits per heavy atom. The molecule has 2 aromatic rings. The van der Waals surface area contributed by atoms with Crippen molar-refractivity contribution >= 4 is 23.2 Å². The van der Waals surface area contributed by atoms with E-state index in [0.717, 1.165) is 31.6 Å². The SMILES string of the molecule is CCCCOc1cc(C(N)=O)ccc1NC(=O)C1CC2(CNc3ccccc32)CN1. The molecule has 1 saturated heterocycles. The Labute approximate surface area is 176 Å². The molecule has 0 bridgehead atoms. The first kappa shape index (κ1) is 20.2. The fourth-order valence-corrected chi connectivity index (χ4v) is 4.28. The molecule has 7 nitrogen and oxygen atoms in total. The zero-order valence-electron chi connectivity index (χ0n) is 17.2. The number of fused-ring (bicyclic) bond motifs is 2. The summed E-state index contributed by atoms with van der Waals surface area (Å²) in [7, 11) is 0. The van der Waals surface area contributed by atoms with Crippen LogP contribution in [-0.4, -0.2) is 37.6 Å². The van der Waals surface area contributed by atoms with Gasteiger partial charge in [-0.3, -0.25) is 9.59 Å². The summed E-state index contributed by atoms with van der Waals surface area (Å²) < 4.78 is 5.82. The fraction of sp³-hybridized carbons (Fsp3) is 0.391. The summed E-state index contributed by atoms with van der Waals surface area (Å²) in [5.74, 6) is -0.169. The molecule has 158 valence electrons. The van der Waals surface area contributed by atoms with Gasteiger partial charge in [0, 0.05) is 29.8 Å². The average molecular weight is 409 g/mol. The Hall–Kier alpha value is -3.06. The smallest absolute Gasteiger partial charge is 0.248 e. The summed E-state index contributed by atoms with van der Waals surface area (Å²) in [4.78, 5) is 24.6. The predicted octanol–water partition coefficient (Wildman–Crippen LogP) is 2.63. The van der Waals surface area contributed by atoms with E-state index >= 15 is 0 Å². The molecular formula is C23H28N4O3. The lowest BCUT2D eigenvalue weighted by molar-refractivity contribution is -0.117. The summed E-state index contributed by atoms with van der Waals surface area (Å²) in [5, 5.41) is 9.82. The molecule has 0 saturated carbocycles. The van der Waals surface area contributed by atoms with E-state index < -0.39 is 5.91 Å². The lowest BCUT2D eigenvalue weighted by Crippen LogP contribution is -2.35. The number of hydrogen-bond acceptors (Lipinski definition) is 5. The Kier molecular flexibility index (Phi) is 5.63. The second-order valence-corrected chi connectivity index (χ2v) is 8.08. The first-order valence-corrected chi connectivity index (χ1v) is 10.5. The van der Waals surface area contributed by atoms with Crippen molar-refractivity contribution in [2.24, 2.45) is 5.73 Å². The fourth-order valence-electron chi connectivity index (χ4n) is 4.28. The third-order valence-electron chi connectivity index (χ3n) is 5.99. The van der Waals surface area contributed by atoms with E-state index in [9.17, 15) is 9.59 Å². The number of benzene rings is 2. The molecule has 5 N–H and O–H groups in total. The molecular weight excluding hydrogens is 380 g/mol. The molecule has 0 aliphatic carbocycles. The second kappa shape index (κ2) is 8.36. The molecule has 2 heterocycles. The molecule has 2 aliphatic rings. The van der Waals surface area contributed by atoms with E-state index in [1.54, 1.807) is 18.2 Å². The molecule has 2 aliphatic heterocycles. The van der Waals surface area contributed by atoms with Crippen molar-refractivity contribution in [3.63, 3.8) is 0 Å². The molecule has 2 unspecified atom stereocenters. The number of primary amides is 1. The quantitative estimate of drug-likeness (QED) is 0.527. The van der Waals surface area contributed by atoms with E-state index in [0.29, 0.717) is 30.0 Å². The van der Waals surface area contributed by atoms with Crippen LogP contribution in [0.15, 0.2) is 42.5 Å². The van der Waals surface area contributed by atoms with Crippen molar-refractivity contribution in [3.8, 4) is 5.75 Å². The van der Waals surface area contributed by atoms with Crippen molar-refractivity contribution in [1.29, 1.82) is 0 Å². The van der Waals surface area contributed by atoms with Gasteiger partial charge >= 0.3 is 0 Å². The molecule has 2 aromatic carbocycles. The minimum absolute atomic E-state index is 0.0745. The Morgan fingerprint density at radius 2 is 2.07 bits per heavy atom. The van der Waals surface area contributed by atoms with Crippen molar-refractivity contribution in [2.75, 3.05) is 30.3 Å². The van der Waals surface area contributed by atoms with Crippen LogP contribution in [-0.2, 0) is 10.2 Å². The second-order valence-electron chi connectivity index (χ2n) is 8.08. The molecule has 4 rings (SSSR count). The number of ether oxygens (including phenoxy) is 1. The van der Waals surface area contributed by atoms with Crippen LogP contribution in [0.5, 0.6) is 5.75 Å². The van der Waals surface area contributed by atoms with Gasteiger partial charge in [-0.15, -0.1) is 0 Å². The minimum Gasteiger partial charge on any atom is -0.491 e. The lowest BCUT2D eigenvalue weighted by Gasteiger charge is -2.22. The Morgan fingerprint density at radius 1 is 1.23 bits per heavy atom. The maximum Gasteiger partial charge on any atom is 0.248 e. The van der Waals surface area contributed by atoms with Gasteiger partial charge in [-0.2, -0.15) is 0 Å². The number of hydrogen-bond donors (Lipinski definition) is 4. The first-order valence-electron chi connectivity index (χ1n) is 10.5. The maximum absolute atomic E-state index is 13.0. The van der Waals surface area contributed by atoms with E-state index in [1.165, 1.54) is 5.56 Å². The van der Waals surface area contributed by atoms with Crippen molar-refractivity contribution < 1.29 is 14.3 Å². The molecule has 7 heteroatoms. The normalized spacial score (nSPS) is 21.8. The highest BCUT2D eigenvalue weighted by Crippen LogP contribution is 2.42. The van der Waals surface area contributed by atoms with Crippen LogP contribution in [0.25, 0.3) is 0 Å². The molecule has 0 radical (unpaired) electrons. The average Bonchev–Trinajstić information content (AvgIpc) is 3.34. The highest BCUT2D eigenvalue weighted by Gasteiger charge is 2.46. The molecule has 30 heavy (non-hydrogen) atoms. The highest BCUT2D eigenvalue weighted by atomic mass is 16.5.